The quantitative estimate of drug-likeness (QED) is 0.272. The molecule has 1 N–H and O–H groups in total. The average Bonchev–Trinajstić information content (AvgIpc) is 3.32. The molecule has 2 atom stereocenters. The van der Waals surface area contributed by atoms with E-state index in [0.717, 1.165) is 49.8 Å². The minimum atomic E-state index is -0.511. The van der Waals surface area contributed by atoms with Gasteiger partial charge in [0.2, 0.25) is 5.91 Å². The third-order valence-electron chi connectivity index (χ3n) is 8.86. The van der Waals surface area contributed by atoms with Crippen LogP contribution < -0.4 is 5.32 Å². The van der Waals surface area contributed by atoms with Gasteiger partial charge in [-0.1, -0.05) is 41.4 Å². The van der Waals surface area contributed by atoms with Crippen molar-refractivity contribution < 1.29 is 9.72 Å². The highest BCUT2D eigenvalue weighted by molar-refractivity contribution is 6.33. The van der Waals surface area contributed by atoms with E-state index in [1.54, 1.807) is 0 Å². The Kier molecular flexibility index (Phi) is 6.07. The van der Waals surface area contributed by atoms with Crippen molar-refractivity contribution in [2.24, 2.45) is 17.3 Å². The van der Waals surface area contributed by atoms with Crippen molar-refractivity contribution in [3.05, 3.63) is 67.4 Å². The summed E-state index contributed by atoms with van der Waals surface area (Å²) in [6, 6.07) is 9.54. The predicted octanol–water partition coefficient (Wildman–Crippen LogP) is 6.28. The van der Waals surface area contributed by atoms with Gasteiger partial charge >= 0.3 is 5.82 Å². The number of nitrogens with one attached hydrogen (secondary N) is 1. The first kappa shape index (κ1) is 25.4. The van der Waals surface area contributed by atoms with Crippen LogP contribution in [-0.4, -0.2) is 30.4 Å². The summed E-state index contributed by atoms with van der Waals surface area (Å²) in [6.07, 6.45) is 6.16. The first-order chi connectivity index (χ1) is 18.1. The SMILES string of the molecule is Cc1cc(NC(=O)CC23CC4CC(C2)CC(n2nc([N+](=O)[O-])c(Cl)c2C)(C4)C3)nn1Cc1ccccc1Cl. The first-order valence-electron chi connectivity index (χ1n) is 13.0. The van der Waals surface area contributed by atoms with Gasteiger partial charge < -0.3 is 15.4 Å². The van der Waals surface area contributed by atoms with Crippen molar-refractivity contribution in [2.45, 2.75) is 70.9 Å². The smallest absolute Gasteiger partial charge is 0.358 e. The Bertz CT molecular complexity index is 1430. The van der Waals surface area contributed by atoms with Gasteiger partial charge in [0, 0.05) is 23.2 Å². The maximum Gasteiger partial charge on any atom is 0.408 e. The van der Waals surface area contributed by atoms with Crippen LogP contribution in [0.4, 0.5) is 11.6 Å². The Morgan fingerprint density at radius 1 is 1.16 bits per heavy atom. The molecule has 3 aromatic rings. The fraction of sp³-hybridized carbons (Fsp3) is 0.519. The standard InChI is InChI=1S/C27H30Cl2N6O3/c1-16-7-22(31-33(16)14-20-5-3-4-6-21(20)28)30-23(36)13-26-9-18-8-19(10-26)12-27(11-18,15-26)34-17(2)24(29)25(32-34)35(37)38/h3-7,18-19H,8-15H2,1-2H3,(H,30,31,36). The predicted molar refractivity (Wildman–Crippen MR) is 144 cm³/mol. The number of hydrogen-bond donors (Lipinski definition) is 1. The Morgan fingerprint density at radius 3 is 2.53 bits per heavy atom. The van der Waals surface area contributed by atoms with Crippen LogP contribution in [0.25, 0.3) is 0 Å². The van der Waals surface area contributed by atoms with Gasteiger partial charge in [-0.25, -0.2) is 0 Å². The number of amides is 1. The zero-order valence-corrected chi connectivity index (χ0v) is 22.9. The molecule has 4 aliphatic carbocycles. The van der Waals surface area contributed by atoms with E-state index in [1.165, 1.54) is 0 Å². The minimum absolute atomic E-state index is 0.0503. The number of carbonyl (C=O) groups excluding carboxylic acids is 1. The number of aryl methyl sites for hydroxylation is 1. The van der Waals surface area contributed by atoms with Gasteiger partial charge in [0.05, 0.1) is 22.9 Å². The van der Waals surface area contributed by atoms with Crippen molar-refractivity contribution in [3.8, 4) is 0 Å². The fourth-order valence-electron chi connectivity index (χ4n) is 7.95. The van der Waals surface area contributed by atoms with Gasteiger partial charge in [-0.05, 0) is 86.2 Å². The number of aromatic nitrogens is 4. The van der Waals surface area contributed by atoms with Crippen molar-refractivity contribution in [1.29, 1.82) is 0 Å². The van der Waals surface area contributed by atoms with Gasteiger partial charge in [0.1, 0.15) is 0 Å². The molecule has 4 saturated carbocycles. The molecular formula is C27H30Cl2N6O3. The van der Waals surface area contributed by atoms with Crippen molar-refractivity contribution >= 4 is 40.7 Å². The highest BCUT2D eigenvalue weighted by Gasteiger charge is 2.60. The number of nitrogens with zero attached hydrogens (tertiary/aromatic N) is 5. The molecule has 1 amide bonds. The van der Waals surface area contributed by atoms with Crippen LogP contribution in [0.1, 0.15) is 61.9 Å². The number of halogens is 2. The summed E-state index contributed by atoms with van der Waals surface area (Å²) < 4.78 is 3.67. The van der Waals surface area contributed by atoms with Crippen LogP contribution in [0.5, 0.6) is 0 Å². The molecule has 9 nitrogen and oxygen atoms in total. The zero-order chi connectivity index (χ0) is 26.8. The number of benzene rings is 1. The molecule has 0 radical (unpaired) electrons. The zero-order valence-electron chi connectivity index (χ0n) is 21.4. The lowest BCUT2D eigenvalue weighted by molar-refractivity contribution is -0.389. The molecule has 0 saturated heterocycles. The van der Waals surface area contributed by atoms with E-state index in [0.29, 0.717) is 41.3 Å². The maximum absolute atomic E-state index is 13.4. The Morgan fingerprint density at radius 2 is 1.87 bits per heavy atom. The lowest BCUT2D eigenvalue weighted by Gasteiger charge is -2.61. The molecule has 2 unspecified atom stereocenters. The number of anilines is 1. The van der Waals surface area contributed by atoms with Crippen LogP contribution in [0.3, 0.4) is 0 Å². The number of nitro groups is 1. The van der Waals surface area contributed by atoms with Gasteiger partial charge in [-0.15, -0.1) is 0 Å². The molecule has 38 heavy (non-hydrogen) atoms. The van der Waals surface area contributed by atoms with E-state index in [2.05, 4.69) is 15.5 Å². The van der Waals surface area contributed by atoms with Crippen LogP contribution in [-0.2, 0) is 16.9 Å². The van der Waals surface area contributed by atoms with Crippen molar-refractivity contribution in [2.75, 3.05) is 5.32 Å². The summed E-state index contributed by atoms with van der Waals surface area (Å²) in [4.78, 5) is 24.4. The van der Waals surface area contributed by atoms with Crippen LogP contribution in [0, 0.1) is 41.2 Å². The fourth-order valence-corrected chi connectivity index (χ4v) is 8.33. The van der Waals surface area contributed by atoms with Gasteiger partial charge in [-0.2, -0.15) is 9.78 Å². The third-order valence-corrected chi connectivity index (χ3v) is 9.67. The summed E-state index contributed by atoms with van der Waals surface area (Å²) in [7, 11) is 0. The molecule has 200 valence electrons. The molecule has 4 aliphatic rings. The summed E-state index contributed by atoms with van der Waals surface area (Å²) >= 11 is 12.7. The van der Waals surface area contributed by atoms with E-state index < -0.39 is 4.92 Å². The Hall–Kier alpha value is -2.91. The van der Waals surface area contributed by atoms with E-state index in [1.807, 2.05) is 53.5 Å². The Labute approximate surface area is 230 Å². The van der Waals surface area contributed by atoms with Crippen molar-refractivity contribution in [3.63, 3.8) is 0 Å². The molecule has 4 bridgehead atoms. The van der Waals surface area contributed by atoms with E-state index in [-0.39, 0.29) is 27.7 Å². The number of carbonyl (C=O) groups is 1. The molecule has 0 spiro atoms. The molecule has 2 heterocycles. The molecule has 1 aromatic carbocycles. The highest BCUT2D eigenvalue weighted by Crippen LogP contribution is 2.65. The van der Waals surface area contributed by atoms with E-state index >= 15 is 0 Å². The van der Waals surface area contributed by atoms with Crippen LogP contribution >= 0.6 is 23.2 Å². The monoisotopic (exact) mass is 556 g/mol. The summed E-state index contributed by atoms with van der Waals surface area (Å²) in [5, 5.41) is 24.4. The van der Waals surface area contributed by atoms with Crippen molar-refractivity contribution in [1.82, 2.24) is 19.6 Å². The molecular weight excluding hydrogens is 527 g/mol. The largest absolute Gasteiger partial charge is 0.408 e. The second kappa shape index (κ2) is 9.09. The molecule has 0 aliphatic heterocycles. The van der Waals surface area contributed by atoms with Gasteiger partial charge in [-0.3, -0.25) is 9.48 Å². The lowest BCUT2D eigenvalue weighted by atomic mass is 9.46. The van der Waals surface area contributed by atoms with E-state index in [9.17, 15) is 14.9 Å². The first-order valence-corrected chi connectivity index (χ1v) is 13.8. The van der Waals surface area contributed by atoms with Crippen LogP contribution in [0.15, 0.2) is 30.3 Å². The topological polar surface area (TPSA) is 108 Å². The molecule has 11 heteroatoms. The molecule has 2 aromatic heterocycles. The summed E-state index contributed by atoms with van der Waals surface area (Å²) in [5.74, 6) is 1.15. The minimum Gasteiger partial charge on any atom is -0.358 e. The Balaban J connectivity index is 1.21. The van der Waals surface area contributed by atoms with E-state index in [4.69, 9.17) is 23.2 Å². The lowest BCUT2D eigenvalue weighted by Crippen LogP contribution is -2.57. The second-order valence-corrected chi connectivity index (χ2v) is 12.5. The highest BCUT2D eigenvalue weighted by atomic mass is 35.5. The van der Waals surface area contributed by atoms with Gasteiger partial charge in [0.15, 0.2) is 10.8 Å². The number of rotatable bonds is 7. The van der Waals surface area contributed by atoms with Gasteiger partial charge in [0.25, 0.3) is 0 Å². The maximum atomic E-state index is 13.4. The summed E-state index contributed by atoms with van der Waals surface area (Å²) in [5.41, 5.74) is 2.04. The molecule has 4 fully saturated rings. The summed E-state index contributed by atoms with van der Waals surface area (Å²) in [6.45, 7) is 4.29. The third kappa shape index (κ3) is 4.29. The second-order valence-electron chi connectivity index (χ2n) is 11.7. The average molecular weight is 557 g/mol. The molecule has 7 rings (SSSR count). The van der Waals surface area contributed by atoms with Crippen LogP contribution in [0.2, 0.25) is 10.0 Å². The normalized spacial score (nSPS) is 27.6. The number of hydrogen-bond acceptors (Lipinski definition) is 5.